The van der Waals surface area contributed by atoms with E-state index in [0.29, 0.717) is 29.5 Å². The summed E-state index contributed by atoms with van der Waals surface area (Å²) in [5, 5.41) is 3.04. The minimum absolute atomic E-state index is 0.0471. The number of nitrogens with one attached hydrogen (secondary N) is 1. The number of rotatable bonds is 6. The van der Waals surface area contributed by atoms with Crippen molar-refractivity contribution in [2.24, 2.45) is 5.92 Å². The summed E-state index contributed by atoms with van der Waals surface area (Å²) < 4.78 is 10.8. The van der Waals surface area contributed by atoms with Gasteiger partial charge in [-0.2, -0.15) is 0 Å². The number of benzene rings is 2. The fourth-order valence-electron chi connectivity index (χ4n) is 5.11. The normalized spacial score (nSPS) is 22.5. The predicted molar refractivity (Wildman–Crippen MR) is 118 cm³/mol. The summed E-state index contributed by atoms with van der Waals surface area (Å²) in [7, 11) is 3.18. The summed E-state index contributed by atoms with van der Waals surface area (Å²) in [6.07, 6.45) is 5.05. The monoisotopic (exact) mass is 422 g/mol. The van der Waals surface area contributed by atoms with Gasteiger partial charge in [-0.15, -0.1) is 0 Å². The van der Waals surface area contributed by atoms with Crippen molar-refractivity contribution in [3.05, 3.63) is 59.7 Å². The standard InChI is InChI=1S/C25H30N2O4/c1-30-22-14-8-12-19(23(22)31-2)16-26-24(28)21-15-18-11-6-7-13-20(18)27(21)25(29)17-9-4-3-5-10-17/h3-5,8-10,12,14,18,20-21H,6-7,11,13,15-16H2,1-2H3,(H,26,28). The van der Waals surface area contributed by atoms with Gasteiger partial charge >= 0.3 is 0 Å². The van der Waals surface area contributed by atoms with Gasteiger partial charge in [0.2, 0.25) is 5.91 Å². The molecule has 1 aliphatic heterocycles. The summed E-state index contributed by atoms with van der Waals surface area (Å²) in [4.78, 5) is 28.5. The molecular weight excluding hydrogens is 392 g/mol. The van der Waals surface area contributed by atoms with E-state index in [4.69, 9.17) is 9.47 Å². The van der Waals surface area contributed by atoms with Crippen molar-refractivity contribution in [3.8, 4) is 11.5 Å². The number of carbonyl (C=O) groups is 2. The van der Waals surface area contributed by atoms with E-state index in [1.165, 1.54) is 6.42 Å². The van der Waals surface area contributed by atoms with Crippen LogP contribution in [-0.4, -0.2) is 43.0 Å². The van der Waals surface area contributed by atoms with E-state index in [2.05, 4.69) is 5.32 Å². The Morgan fingerprint density at radius 3 is 2.52 bits per heavy atom. The molecule has 31 heavy (non-hydrogen) atoms. The Morgan fingerprint density at radius 1 is 1.00 bits per heavy atom. The third kappa shape index (κ3) is 4.24. The Hall–Kier alpha value is -3.02. The van der Waals surface area contributed by atoms with Crippen LogP contribution in [0, 0.1) is 5.92 Å². The minimum Gasteiger partial charge on any atom is -0.493 e. The molecule has 3 atom stereocenters. The lowest BCUT2D eigenvalue weighted by atomic mass is 9.84. The van der Waals surface area contributed by atoms with Crippen molar-refractivity contribution < 1.29 is 19.1 Å². The number of ether oxygens (including phenoxy) is 2. The molecule has 6 nitrogen and oxygen atoms in total. The van der Waals surface area contributed by atoms with Gasteiger partial charge in [0.05, 0.1) is 14.2 Å². The molecule has 0 aromatic heterocycles. The Bertz CT molecular complexity index is 930. The van der Waals surface area contributed by atoms with Crippen molar-refractivity contribution >= 4 is 11.8 Å². The second kappa shape index (κ2) is 9.41. The lowest BCUT2D eigenvalue weighted by molar-refractivity contribution is -0.125. The average molecular weight is 423 g/mol. The molecule has 0 spiro atoms. The van der Waals surface area contributed by atoms with Gasteiger partial charge in [-0.25, -0.2) is 0 Å². The van der Waals surface area contributed by atoms with E-state index < -0.39 is 6.04 Å². The SMILES string of the molecule is COc1cccc(CNC(=O)C2CC3CCCCC3N2C(=O)c2ccccc2)c1OC. The van der Waals surface area contributed by atoms with Gasteiger partial charge in [-0.1, -0.05) is 43.2 Å². The van der Waals surface area contributed by atoms with E-state index in [9.17, 15) is 9.59 Å². The molecule has 3 unspecified atom stereocenters. The van der Waals surface area contributed by atoms with Crippen LogP contribution in [0.15, 0.2) is 48.5 Å². The highest BCUT2D eigenvalue weighted by atomic mass is 16.5. The Balaban J connectivity index is 1.54. The zero-order chi connectivity index (χ0) is 21.8. The molecule has 1 heterocycles. The zero-order valence-corrected chi connectivity index (χ0v) is 18.2. The van der Waals surface area contributed by atoms with Crippen LogP contribution in [0.2, 0.25) is 0 Å². The fourth-order valence-corrected chi connectivity index (χ4v) is 5.11. The third-order valence-electron chi connectivity index (χ3n) is 6.58. The second-order valence-corrected chi connectivity index (χ2v) is 8.31. The van der Waals surface area contributed by atoms with E-state index in [1.54, 1.807) is 14.2 Å². The van der Waals surface area contributed by atoms with Crippen LogP contribution in [0.25, 0.3) is 0 Å². The number of nitrogens with zero attached hydrogens (tertiary/aromatic N) is 1. The van der Waals surface area contributed by atoms with Crippen LogP contribution >= 0.6 is 0 Å². The average Bonchev–Trinajstić information content (AvgIpc) is 3.22. The number of likely N-dealkylation sites (tertiary alicyclic amines) is 1. The van der Waals surface area contributed by atoms with Crippen LogP contribution in [0.1, 0.15) is 48.0 Å². The highest BCUT2D eigenvalue weighted by Gasteiger charge is 2.47. The molecule has 4 rings (SSSR count). The van der Waals surface area contributed by atoms with Crippen LogP contribution < -0.4 is 14.8 Å². The molecule has 2 aromatic rings. The fraction of sp³-hybridized carbons (Fsp3) is 0.440. The summed E-state index contributed by atoms with van der Waals surface area (Å²) >= 11 is 0. The van der Waals surface area contributed by atoms with Gasteiger partial charge in [0.15, 0.2) is 11.5 Å². The van der Waals surface area contributed by atoms with Gasteiger partial charge in [-0.3, -0.25) is 9.59 Å². The van der Waals surface area contributed by atoms with Gasteiger partial charge in [0, 0.05) is 23.7 Å². The van der Waals surface area contributed by atoms with Gasteiger partial charge in [0.25, 0.3) is 5.91 Å². The number of hydrogen-bond donors (Lipinski definition) is 1. The first kappa shape index (κ1) is 21.2. The van der Waals surface area contributed by atoms with Gasteiger partial charge in [-0.05, 0) is 43.4 Å². The van der Waals surface area contributed by atoms with Gasteiger partial charge in [0.1, 0.15) is 6.04 Å². The maximum atomic E-state index is 13.4. The molecule has 164 valence electrons. The molecule has 2 fully saturated rings. The first-order valence-corrected chi connectivity index (χ1v) is 11.0. The lowest BCUT2D eigenvalue weighted by Crippen LogP contribution is -2.49. The molecule has 6 heteroatoms. The first-order chi connectivity index (χ1) is 15.1. The molecule has 2 aliphatic rings. The highest BCUT2D eigenvalue weighted by molar-refractivity contribution is 5.98. The van der Waals surface area contributed by atoms with Crippen molar-refractivity contribution in [3.63, 3.8) is 0 Å². The summed E-state index contributed by atoms with van der Waals surface area (Å²) in [5.74, 6) is 1.48. The summed E-state index contributed by atoms with van der Waals surface area (Å²) in [6.45, 7) is 0.318. The topological polar surface area (TPSA) is 67.9 Å². The highest BCUT2D eigenvalue weighted by Crippen LogP contribution is 2.40. The Morgan fingerprint density at radius 2 is 1.77 bits per heavy atom. The molecule has 0 bridgehead atoms. The van der Waals surface area contributed by atoms with Crippen molar-refractivity contribution in [1.29, 1.82) is 0 Å². The molecule has 0 radical (unpaired) electrons. The Labute approximate surface area is 183 Å². The molecule has 2 amide bonds. The number of amides is 2. The van der Waals surface area contributed by atoms with Crippen molar-refractivity contribution in [2.45, 2.75) is 50.7 Å². The maximum absolute atomic E-state index is 13.4. The summed E-state index contributed by atoms with van der Waals surface area (Å²) in [6, 6.07) is 14.6. The Kier molecular flexibility index (Phi) is 6.44. The zero-order valence-electron chi connectivity index (χ0n) is 18.2. The lowest BCUT2D eigenvalue weighted by Gasteiger charge is -2.33. The van der Waals surface area contributed by atoms with Crippen molar-refractivity contribution in [2.75, 3.05) is 14.2 Å². The molecular formula is C25H30N2O4. The second-order valence-electron chi connectivity index (χ2n) is 8.31. The molecule has 1 saturated carbocycles. The van der Waals surface area contributed by atoms with Crippen LogP contribution in [-0.2, 0) is 11.3 Å². The molecule has 1 saturated heterocycles. The van der Waals surface area contributed by atoms with Crippen molar-refractivity contribution in [1.82, 2.24) is 10.2 Å². The van der Waals surface area contributed by atoms with E-state index in [1.807, 2.05) is 53.4 Å². The minimum atomic E-state index is -0.447. The number of carbonyl (C=O) groups excluding carboxylic acids is 2. The smallest absolute Gasteiger partial charge is 0.254 e. The molecule has 1 N–H and O–H groups in total. The quantitative estimate of drug-likeness (QED) is 0.769. The number of hydrogen-bond acceptors (Lipinski definition) is 4. The number of methoxy groups -OCH3 is 2. The third-order valence-corrected chi connectivity index (χ3v) is 6.58. The largest absolute Gasteiger partial charge is 0.493 e. The first-order valence-electron chi connectivity index (χ1n) is 11.0. The molecule has 1 aliphatic carbocycles. The number of para-hydroxylation sites is 1. The number of fused-ring (bicyclic) bond motifs is 1. The van der Waals surface area contributed by atoms with Crippen LogP contribution in [0.4, 0.5) is 0 Å². The van der Waals surface area contributed by atoms with E-state index in [-0.39, 0.29) is 17.9 Å². The van der Waals surface area contributed by atoms with Crippen LogP contribution in [0.5, 0.6) is 11.5 Å². The van der Waals surface area contributed by atoms with Gasteiger partial charge < -0.3 is 19.7 Å². The maximum Gasteiger partial charge on any atom is 0.254 e. The predicted octanol–water partition coefficient (Wildman–Crippen LogP) is 3.79. The summed E-state index contributed by atoms with van der Waals surface area (Å²) in [5.41, 5.74) is 1.48. The van der Waals surface area contributed by atoms with E-state index in [0.717, 1.165) is 31.2 Å². The van der Waals surface area contributed by atoms with E-state index >= 15 is 0 Å². The molecule has 2 aromatic carbocycles. The van der Waals surface area contributed by atoms with Crippen LogP contribution in [0.3, 0.4) is 0 Å².